The number of nitriles is 1. The van der Waals surface area contributed by atoms with Gasteiger partial charge in [-0.25, -0.2) is 0 Å². The van der Waals surface area contributed by atoms with Crippen molar-refractivity contribution in [1.29, 1.82) is 5.26 Å². The summed E-state index contributed by atoms with van der Waals surface area (Å²) in [6, 6.07) is 1.73. The largest absolute Gasteiger partial charge is 0.505 e. The number of allylic oxidation sites excluding steroid dienone is 2. The summed E-state index contributed by atoms with van der Waals surface area (Å²) in [5, 5.41) is 17.1. The van der Waals surface area contributed by atoms with Gasteiger partial charge in [0.2, 0.25) is 0 Å². The van der Waals surface area contributed by atoms with Gasteiger partial charge in [0.1, 0.15) is 11.8 Å². The maximum atomic E-state index is 8.83. The minimum Gasteiger partial charge on any atom is -0.505 e. The molecular formula is C6H8N2O. The Kier molecular flexibility index (Phi) is 3.14. The summed E-state index contributed by atoms with van der Waals surface area (Å²) in [7, 11) is 1.46. The van der Waals surface area contributed by atoms with E-state index in [1.54, 1.807) is 13.0 Å². The molecule has 0 amide bonds. The van der Waals surface area contributed by atoms with E-state index < -0.39 is 0 Å². The second kappa shape index (κ2) is 3.67. The average Bonchev–Trinajstić information content (AvgIpc) is 1.90. The number of hydrogen-bond acceptors (Lipinski definition) is 3. The molecule has 0 fully saturated rings. The Morgan fingerprint density at radius 3 is 2.44 bits per heavy atom. The van der Waals surface area contributed by atoms with E-state index in [1.165, 1.54) is 13.1 Å². The Morgan fingerprint density at radius 2 is 2.33 bits per heavy atom. The topological polar surface area (TPSA) is 56.4 Å². The number of aliphatic imine (C=N–C) groups is 1. The average molecular weight is 124 g/mol. The highest BCUT2D eigenvalue weighted by Gasteiger charge is 1.98. The standard InChI is InChI=1S/C6H8N2O/c1-3-6(9)5(4-7)8-2/h3,9H,1-2H3/b6-3+,8-5?. The summed E-state index contributed by atoms with van der Waals surface area (Å²) in [6.07, 6.45) is 1.42. The van der Waals surface area contributed by atoms with Crippen molar-refractivity contribution in [2.45, 2.75) is 6.92 Å². The molecule has 0 rings (SSSR count). The van der Waals surface area contributed by atoms with Crippen LogP contribution in [0.3, 0.4) is 0 Å². The van der Waals surface area contributed by atoms with E-state index in [9.17, 15) is 0 Å². The van der Waals surface area contributed by atoms with Gasteiger partial charge in [-0.05, 0) is 13.0 Å². The molecule has 0 aromatic heterocycles. The molecule has 0 saturated carbocycles. The van der Waals surface area contributed by atoms with Crippen molar-refractivity contribution >= 4 is 5.71 Å². The van der Waals surface area contributed by atoms with Crippen molar-refractivity contribution in [3.8, 4) is 6.07 Å². The van der Waals surface area contributed by atoms with Crippen LogP contribution < -0.4 is 0 Å². The van der Waals surface area contributed by atoms with E-state index in [4.69, 9.17) is 10.4 Å². The van der Waals surface area contributed by atoms with Gasteiger partial charge in [0, 0.05) is 7.05 Å². The Hall–Kier alpha value is -1.30. The maximum Gasteiger partial charge on any atom is 0.176 e. The van der Waals surface area contributed by atoms with E-state index in [-0.39, 0.29) is 11.5 Å². The first-order valence-corrected chi connectivity index (χ1v) is 2.48. The van der Waals surface area contributed by atoms with Crippen molar-refractivity contribution in [3.63, 3.8) is 0 Å². The Morgan fingerprint density at radius 1 is 1.78 bits per heavy atom. The summed E-state index contributed by atoms with van der Waals surface area (Å²) >= 11 is 0. The monoisotopic (exact) mass is 124 g/mol. The maximum absolute atomic E-state index is 8.83. The first kappa shape index (κ1) is 7.70. The van der Waals surface area contributed by atoms with Gasteiger partial charge in [-0.2, -0.15) is 5.26 Å². The first-order valence-electron chi connectivity index (χ1n) is 2.48. The third-order valence-electron chi connectivity index (χ3n) is 0.846. The predicted molar refractivity (Wildman–Crippen MR) is 35.4 cm³/mol. The first-order chi connectivity index (χ1) is 4.26. The molecule has 0 spiro atoms. The number of aliphatic hydroxyl groups is 1. The molecule has 0 aliphatic carbocycles. The van der Waals surface area contributed by atoms with Crippen LogP contribution in [-0.4, -0.2) is 17.9 Å². The summed E-state index contributed by atoms with van der Waals surface area (Å²) in [5.74, 6) is -0.0694. The van der Waals surface area contributed by atoms with E-state index in [0.29, 0.717) is 0 Å². The smallest absolute Gasteiger partial charge is 0.176 e. The zero-order chi connectivity index (χ0) is 7.28. The van der Waals surface area contributed by atoms with Crippen LogP contribution >= 0.6 is 0 Å². The summed E-state index contributed by atoms with van der Waals surface area (Å²) in [4.78, 5) is 3.51. The lowest BCUT2D eigenvalue weighted by Crippen LogP contribution is -1.97. The fourth-order valence-corrected chi connectivity index (χ4v) is 0.359. The lowest BCUT2D eigenvalue weighted by atomic mass is 10.3. The van der Waals surface area contributed by atoms with Gasteiger partial charge >= 0.3 is 0 Å². The Bertz CT molecular complexity index is 186. The van der Waals surface area contributed by atoms with Crippen LogP contribution in [0.5, 0.6) is 0 Å². The molecule has 0 aromatic carbocycles. The van der Waals surface area contributed by atoms with Crippen LogP contribution in [0.15, 0.2) is 16.8 Å². The molecule has 0 radical (unpaired) electrons. The quantitative estimate of drug-likeness (QED) is 0.419. The van der Waals surface area contributed by atoms with E-state index in [0.717, 1.165) is 0 Å². The lowest BCUT2D eigenvalue weighted by Gasteiger charge is -1.89. The zero-order valence-electron chi connectivity index (χ0n) is 5.42. The van der Waals surface area contributed by atoms with Crippen molar-refractivity contribution in [1.82, 2.24) is 0 Å². The summed E-state index contributed by atoms with van der Waals surface area (Å²) in [5.41, 5.74) is 0.0671. The number of aliphatic hydroxyl groups excluding tert-OH is 1. The minimum absolute atomic E-state index is 0.0671. The van der Waals surface area contributed by atoms with Crippen LogP contribution in [-0.2, 0) is 0 Å². The van der Waals surface area contributed by atoms with E-state index in [1.807, 2.05) is 0 Å². The minimum atomic E-state index is -0.0694. The van der Waals surface area contributed by atoms with Gasteiger partial charge in [0.05, 0.1) is 0 Å². The SMILES string of the molecule is C/C=C(/O)C(C#N)=NC. The summed E-state index contributed by atoms with van der Waals surface area (Å²) in [6.45, 7) is 1.64. The molecule has 48 valence electrons. The molecular weight excluding hydrogens is 116 g/mol. The van der Waals surface area contributed by atoms with Crippen LogP contribution in [0.2, 0.25) is 0 Å². The van der Waals surface area contributed by atoms with Gasteiger partial charge in [0.25, 0.3) is 0 Å². The molecule has 3 nitrogen and oxygen atoms in total. The number of rotatable bonds is 1. The molecule has 1 N–H and O–H groups in total. The molecule has 0 atom stereocenters. The lowest BCUT2D eigenvalue weighted by molar-refractivity contribution is 0.443. The third-order valence-corrected chi connectivity index (χ3v) is 0.846. The molecule has 0 bridgehead atoms. The molecule has 0 aromatic rings. The Balaban J connectivity index is 4.39. The highest BCUT2D eigenvalue weighted by Crippen LogP contribution is 1.90. The van der Waals surface area contributed by atoms with Crippen LogP contribution in [0.25, 0.3) is 0 Å². The molecule has 9 heavy (non-hydrogen) atoms. The van der Waals surface area contributed by atoms with Crippen LogP contribution in [0.4, 0.5) is 0 Å². The van der Waals surface area contributed by atoms with Crippen LogP contribution in [0.1, 0.15) is 6.92 Å². The predicted octanol–water partition coefficient (Wildman–Crippen LogP) is 1.04. The molecule has 0 aliphatic heterocycles. The highest BCUT2D eigenvalue weighted by molar-refractivity contribution is 6.09. The normalized spacial score (nSPS) is 13.0. The Labute approximate surface area is 54.0 Å². The van der Waals surface area contributed by atoms with Gasteiger partial charge < -0.3 is 5.11 Å². The van der Waals surface area contributed by atoms with Crippen molar-refractivity contribution in [2.24, 2.45) is 4.99 Å². The molecule has 0 heterocycles. The van der Waals surface area contributed by atoms with Gasteiger partial charge in [-0.15, -0.1) is 0 Å². The second-order valence-corrected chi connectivity index (χ2v) is 1.36. The number of hydrogen-bond donors (Lipinski definition) is 1. The summed E-state index contributed by atoms with van der Waals surface area (Å²) < 4.78 is 0. The molecule has 0 aliphatic rings. The van der Waals surface area contributed by atoms with Crippen molar-refractivity contribution in [3.05, 3.63) is 11.8 Å². The van der Waals surface area contributed by atoms with Gasteiger partial charge in [-0.1, -0.05) is 0 Å². The fourth-order valence-electron chi connectivity index (χ4n) is 0.359. The van der Waals surface area contributed by atoms with Crippen molar-refractivity contribution < 1.29 is 5.11 Å². The number of nitrogens with zero attached hydrogens (tertiary/aromatic N) is 2. The fraction of sp³-hybridized carbons (Fsp3) is 0.333. The third kappa shape index (κ3) is 1.96. The molecule has 0 saturated heterocycles. The van der Waals surface area contributed by atoms with Gasteiger partial charge in [-0.3, -0.25) is 4.99 Å². The molecule has 0 unspecified atom stereocenters. The van der Waals surface area contributed by atoms with E-state index >= 15 is 0 Å². The zero-order valence-corrected chi connectivity index (χ0v) is 5.42. The van der Waals surface area contributed by atoms with Crippen LogP contribution in [0, 0.1) is 11.3 Å². The molecule has 3 heteroatoms. The van der Waals surface area contributed by atoms with Gasteiger partial charge in [0.15, 0.2) is 5.71 Å². The van der Waals surface area contributed by atoms with Crippen molar-refractivity contribution in [2.75, 3.05) is 7.05 Å². The second-order valence-electron chi connectivity index (χ2n) is 1.36. The van der Waals surface area contributed by atoms with E-state index in [2.05, 4.69) is 4.99 Å². The highest BCUT2D eigenvalue weighted by atomic mass is 16.3.